The Kier molecular flexibility index (Phi) is 3.77. The first-order valence-corrected chi connectivity index (χ1v) is 7.41. The van der Waals surface area contributed by atoms with Gasteiger partial charge in [0.25, 0.3) is 5.91 Å². The number of carbonyl (C=O) groups excluding carboxylic acids is 1. The van der Waals surface area contributed by atoms with E-state index in [2.05, 4.69) is 15.5 Å². The van der Waals surface area contributed by atoms with Gasteiger partial charge >= 0.3 is 0 Å². The maximum Gasteiger partial charge on any atom is 0.276 e. The molecule has 0 aliphatic heterocycles. The first-order chi connectivity index (χ1) is 11.0. The number of benzene rings is 1. The second-order valence-corrected chi connectivity index (χ2v) is 5.34. The van der Waals surface area contributed by atoms with E-state index in [0.717, 1.165) is 16.6 Å². The van der Waals surface area contributed by atoms with E-state index in [4.69, 9.17) is 4.74 Å². The average molecular weight is 313 g/mol. The number of fused-ring (bicyclic) bond motifs is 1. The molecule has 0 aliphatic rings. The van der Waals surface area contributed by atoms with Gasteiger partial charge in [-0.15, -0.1) is 5.10 Å². The van der Waals surface area contributed by atoms with E-state index in [1.54, 1.807) is 15.4 Å². The fourth-order valence-electron chi connectivity index (χ4n) is 2.42. The summed E-state index contributed by atoms with van der Waals surface area (Å²) in [5.41, 5.74) is 2.94. The molecular weight excluding hydrogens is 294 g/mol. The third-order valence-corrected chi connectivity index (χ3v) is 3.70. The highest BCUT2D eigenvalue weighted by atomic mass is 16.5. The Morgan fingerprint density at radius 3 is 2.65 bits per heavy atom. The zero-order valence-electron chi connectivity index (χ0n) is 13.6. The monoisotopic (exact) mass is 313 g/mol. The van der Waals surface area contributed by atoms with E-state index in [1.807, 2.05) is 46.1 Å². The molecule has 1 N–H and O–H groups in total. The van der Waals surface area contributed by atoms with Crippen molar-refractivity contribution in [3.05, 3.63) is 35.7 Å². The van der Waals surface area contributed by atoms with E-state index in [1.165, 1.54) is 0 Å². The van der Waals surface area contributed by atoms with Gasteiger partial charge in [-0.3, -0.25) is 14.2 Å². The number of hydrogen-bond acceptors (Lipinski definition) is 4. The lowest BCUT2D eigenvalue weighted by Crippen LogP contribution is -2.13. The lowest BCUT2D eigenvalue weighted by atomic mass is 10.2. The second kappa shape index (κ2) is 5.75. The van der Waals surface area contributed by atoms with Crippen LogP contribution < -0.4 is 10.1 Å². The number of aromatic nitrogens is 4. The summed E-state index contributed by atoms with van der Waals surface area (Å²) in [6, 6.07) is 7.36. The summed E-state index contributed by atoms with van der Waals surface area (Å²) in [5.74, 6) is 0.324. The van der Waals surface area contributed by atoms with Crippen molar-refractivity contribution in [1.29, 1.82) is 0 Å². The molecular formula is C16H19N5O2. The first-order valence-electron chi connectivity index (χ1n) is 7.41. The van der Waals surface area contributed by atoms with Crippen molar-refractivity contribution >= 4 is 22.5 Å². The van der Waals surface area contributed by atoms with Gasteiger partial charge in [-0.2, -0.15) is 5.10 Å². The largest absolute Gasteiger partial charge is 0.476 e. The lowest BCUT2D eigenvalue weighted by molar-refractivity contribution is 0.102. The number of nitrogens with one attached hydrogen (secondary N) is 1. The van der Waals surface area contributed by atoms with Gasteiger partial charge in [0.1, 0.15) is 0 Å². The Hall–Kier alpha value is -2.83. The van der Waals surface area contributed by atoms with E-state index in [0.29, 0.717) is 23.9 Å². The molecule has 0 spiro atoms. The fourth-order valence-corrected chi connectivity index (χ4v) is 2.42. The van der Waals surface area contributed by atoms with Gasteiger partial charge in [0.2, 0.25) is 5.88 Å². The summed E-state index contributed by atoms with van der Waals surface area (Å²) >= 11 is 0. The van der Waals surface area contributed by atoms with Crippen LogP contribution in [0, 0.1) is 6.92 Å². The summed E-state index contributed by atoms with van der Waals surface area (Å²) < 4.78 is 8.97. The van der Waals surface area contributed by atoms with Crippen LogP contribution >= 0.6 is 0 Å². The first kappa shape index (κ1) is 15.1. The van der Waals surface area contributed by atoms with Crippen molar-refractivity contribution in [2.75, 3.05) is 11.9 Å². The van der Waals surface area contributed by atoms with Crippen LogP contribution in [0.4, 0.5) is 5.69 Å². The van der Waals surface area contributed by atoms with Gasteiger partial charge in [-0.25, -0.2) is 0 Å². The van der Waals surface area contributed by atoms with E-state index in [9.17, 15) is 4.79 Å². The number of anilines is 1. The SMILES string of the molecule is CCOc1nn(C)c2ccc(NC(=O)c3cc(C)n(C)n3)cc12. The highest BCUT2D eigenvalue weighted by Crippen LogP contribution is 2.27. The Morgan fingerprint density at radius 1 is 1.22 bits per heavy atom. The standard InChI is InChI=1S/C16H19N5O2/c1-5-23-16-12-9-11(6-7-14(12)21(4)19-16)17-15(22)13-8-10(2)20(3)18-13/h6-9H,5H2,1-4H3,(H,17,22). The molecule has 1 amide bonds. The van der Waals surface area contributed by atoms with Crippen molar-refractivity contribution in [1.82, 2.24) is 19.6 Å². The summed E-state index contributed by atoms with van der Waals surface area (Å²) in [5, 5.41) is 12.2. The number of nitrogens with zero attached hydrogens (tertiary/aromatic N) is 4. The molecule has 0 radical (unpaired) electrons. The van der Waals surface area contributed by atoms with Crippen LogP contribution in [0.15, 0.2) is 24.3 Å². The highest BCUT2D eigenvalue weighted by molar-refractivity contribution is 6.04. The molecule has 23 heavy (non-hydrogen) atoms. The summed E-state index contributed by atoms with van der Waals surface area (Å²) in [6.07, 6.45) is 0. The molecule has 120 valence electrons. The van der Waals surface area contributed by atoms with Crippen molar-refractivity contribution in [3.63, 3.8) is 0 Å². The molecule has 0 fully saturated rings. The third-order valence-electron chi connectivity index (χ3n) is 3.70. The minimum atomic E-state index is -0.241. The van der Waals surface area contributed by atoms with Gasteiger partial charge in [0.05, 0.1) is 17.5 Å². The van der Waals surface area contributed by atoms with Crippen molar-refractivity contribution < 1.29 is 9.53 Å². The van der Waals surface area contributed by atoms with Gasteiger partial charge < -0.3 is 10.1 Å². The minimum absolute atomic E-state index is 0.241. The van der Waals surface area contributed by atoms with Crippen molar-refractivity contribution in [3.8, 4) is 5.88 Å². The number of rotatable bonds is 4. The Balaban J connectivity index is 1.91. The molecule has 2 heterocycles. The predicted octanol–water partition coefficient (Wildman–Crippen LogP) is 2.27. The quantitative estimate of drug-likeness (QED) is 0.802. The Morgan fingerprint density at radius 2 is 2.00 bits per heavy atom. The zero-order chi connectivity index (χ0) is 16.6. The Labute approximate surface area is 133 Å². The molecule has 7 nitrogen and oxygen atoms in total. The molecule has 3 aromatic rings. The maximum atomic E-state index is 12.3. The number of hydrogen-bond donors (Lipinski definition) is 1. The molecule has 3 rings (SSSR count). The van der Waals surface area contributed by atoms with E-state index in [-0.39, 0.29) is 5.91 Å². The van der Waals surface area contributed by atoms with Crippen molar-refractivity contribution in [2.45, 2.75) is 13.8 Å². The second-order valence-electron chi connectivity index (χ2n) is 5.34. The molecule has 0 atom stereocenters. The molecule has 0 bridgehead atoms. The van der Waals surface area contributed by atoms with E-state index < -0.39 is 0 Å². The summed E-state index contributed by atoms with van der Waals surface area (Å²) in [6.45, 7) is 4.35. The predicted molar refractivity (Wildman–Crippen MR) is 87.8 cm³/mol. The number of carbonyl (C=O) groups is 1. The van der Waals surface area contributed by atoms with Gasteiger partial charge in [-0.05, 0) is 38.1 Å². The maximum absolute atomic E-state index is 12.3. The molecule has 2 aromatic heterocycles. The molecule has 0 aliphatic carbocycles. The molecule has 1 aromatic carbocycles. The average Bonchev–Trinajstić information content (AvgIpc) is 3.01. The topological polar surface area (TPSA) is 74.0 Å². The van der Waals surface area contributed by atoms with Crippen LogP contribution in [0.3, 0.4) is 0 Å². The van der Waals surface area contributed by atoms with Gasteiger partial charge in [0.15, 0.2) is 5.69 Å². The van der Waals surface area contributed by atoms with Crippen LogP contribution in [0.25, 0.3) is 10.9 Å². The lowest BCUT2D eigenvalue weighted by Gasteiger charge is -2.04. The Bertz CT molecular complexity index is 859. The molecule has 0 saturated carbocycles. The fraction of sp³-hybridized carbons (Fsp3) is 0.312. The van der Waals surface area contributed by atoms with Crippen molar-refractivity contribution in [2.24, 2.45) is 14.1 Å². The summed E-state index contributed by atoms with van der Waals surface area (Å²) in [7, 11) is 3.67. The highest BCUT2D eigenvalue weighted by Gasteiger charge is 2.14. The number of ether oxygens (including phenoxy) is 1. The van der Waals surface area contributed by atoms with Crippen LogP contribution in [-0.2, 0) is 14.1 Å². The normalized spacial score (nSPS) is 11.0. The number of aryl methyl sites for hydroxylation is 3. The summed E-state index contributed by atoms with van der Waals surface area (Å²) in [4.78, 5) is 12.3. The number of amides is 1. The third kappa shape index (κ3) is 2.77. The van der Waals surface area contributed by atoms with Gasteiger partial charge in [-0.1, -0.05) is 0 Å². The van der Waals surface area contributed by atoms with Crippen LogP contribution in [0.2, 0.25) is 0 Å². The van der Waals surface area contributed by atoms with Gasteiger partial charge in [0, 0.05) is 25.5 Å². The van der Waals surface area contributed by atoms with Crippen LogP contribution in [-0.4, -0.2) is 32.1 Å². The van der Waals surface area contributed by atoms with Crippen LogP contribution in [0.1, 0.15) is 23.1 Å². The smallest absolute Gasteiger partial charge is 0.276 e. The van der Waals surface area contributed by atoms with E-state index >= 15 is 0 Å². The molecule has 7 heteroatoms. The molecule has 0 saturated heterocycles. The minimum Gasteiger partial charge on any atom is -0.476 e. The van der Waals surface area contributed by atoms with Crippen LogP contribution in [0.5, 0.6) is 5.88 Å². The zero-order valence-corrected chi connectivity index (χ0v) is 13.6. The molecule has 0 unspecified atom stereocenters.